The number of aromatic amines is 1. The fourth-order valence-electron chi connectivity index (χ4n) is 2.21. The molecule has 1 aliphatic heterocycles. The summed E-state index contributed by atoms with van der Waals surface area (Å²) in [6.07, 6.45) is 6.27. The maximum atomic E-state index is 4.62. The first-order chi connectivity index (χ1) is 7.83. The van der Waals surface area contributed by atoms with E-state index in [1.165, 1.54) is 12.8 Å². The third kappa shape index (κ3) is 1.64. The predicted molar refractivity (Wildman–Crippen MR) is 64.5 cm³/mol. The van der Waals surface area contributed by atoms with E-state index in [-0.39, 0.29) is 0 Å². The van der Waals surface area contributed by atoms with Crippen molar-refractivity contribution in [2.24, 2.45) is 5.92 Å². The average molecular weight is 216 g/mol. The molecule has 0 spiro atoms. The summed E-state index contributed by atoms with van der Waals surface area (Å²) in [5, 5.41) is 0. The third-order valence-electron chi connectivity index (χ3n) is 3.36. The Morgan fingerprint density at radius 2 is 2.19 bits per heavy atom. The van der Waals surface area contributed by atoms with Gasteiger partial charge in [0.15, 0.2) is 5.65 Å². The molecule has 4 heteroatoms. The Hall–Kier alpha value is -1.58. The molecule has 0 atom stereocenters. The van der Waals surface area contributed by atoms with E-state index < -0.39 is 0 Å². The summed E-state index contributed by atoms with van der Waals surface area (Å²) in [6, 6.07) is 1.97. The number of aromatic nitrogens is 3. The Morgan fingerprint density at radius 3 is 3.00 bits per heavy atom. The van der Waals surface area contributed by atoms with Gasteiger partial charge in [-0.15, -0.1) is 0 Å². The standard InChI is InChI=1S/C12H16N4/c1-9-3-6-16(7-4-9)11-8-14-12-10(15-11)2-5-13-12/h2,5,8-9H,3-4,6-7H2,1H3,(H,13,14). The molecule has 1 N–H and O–H groups in total. The normalized spacial score (nSPS) is 18.2. The Morgan fingerprint density at radius 1 is 1.38 bits per heavy atom. The molecule has 3 rings (SSSR count). The zero-order valence-electron chi connectivity index (χ0n) is 9.48. The van der Waals surface area contributed by atoms with Gasteiger partial charge in [0.1, 0.15) is 11.3 Å². The maximum absolute atomic E-state index is 4.62. The lowest BCUT2D eigenvalue weighted by Gasteiger charge is -2.30. The fourth-order valence-corrected chi connectivity index (χ4v) is 2.21. The van der Waals surface area contributed by atoms with Crippen LogP contribution >= 0.6 is 0 Å². The summed E-state index contributed by atoms with van der Waals surface area (Å²) in [6.45, 7) is 4.52. The van der Waals surface area contributed by atoms with Crippen LogP contribution in [-0.4, -0.2) is 28.0 Å². The van der Waals surface area contributed by atoms with Gasteiger partial charge in [-0.2, -0.15) is 0 Å². The molecule has 2 aromatic rings. The molecule has 1 fully saturated rings. The minimum absolute atomic E-state index is 0.847. The number of H-pyrrole nitrogens is 1. The zero-order valence-corrected chi connectivity index (χ0v) is 9.48. The highest BCUT2D eigenvalue weighted by Crippen LogP contribution is 2.21. The summed E-state index contributed by atoms with van der Waals surface area (Å²) < 4.78 is 0. The lowest BCUT2D eigenvalue weighted by molar-refractivity contribution is 0.436. The van der Waals surface area contributed by atoms with Gasteiger partial charge in [-0.1, -0.05) is 6.92 Å². The number of anilines is 1. The van der Waals surface area contributed by atoms with Crippen molar-refractivity contribution in [3.63, 3.8) is 0 Å². The monoisotopic (exact) mass is 216 g/mol. The molecule has 84 valence electrons. The van der Waals surface area contributed by atoms with Gasteiger partial charge >= 0.3 is 0 Å². The van der Waals surface area contributed by atoms with Gasteiger partial charge in [0.25, 0.3) is 0 Å². The van der Waals surface area contributed by atoms with Crippen LogP contribution in [0.3, 0.4) is 0 Å². The molecule has 0 bridgehead atoms. The van der Waals surface area contributed by atoms with E-state index in [0.29, 0.717) is 0 Å². The van der Waals surface area contributed by atoms with E-state index >= 15 is 0 Å². The van der Waals surface area contributed by atoms with Gasteiger partial charge in [-0.3, -0.25) is 0 Å². The number of piperidine rings is 1. The number of hydrogen-bond donors (Lipinski definition) is 1. The van der Waals surface area contributed by atoms with Crippen LogP contribution in [-0.2, 0) is 0 Å². The van der Waals surface area contributed by atoms with Crippen molar-refractivity contribution in [1.82, 2.24) is 15.0 Å². The smallest absolute Gasteiger partial charge is 0.156 e. The Labute approximate surface area is 94.7 Å². The summed E-state index contributed by atoms with van der Waals surface area (Å²) >= 11 is 0. The number of hydrogen-bond acceptors (Lipinski definition) is 3. The fraction of sp³-hybridized carbons (Fsp3) is 0.500. The van der Waals surface area contributed by atoms with Crippen LogP contribution in [0.15, 0.2) is 18.5 Å². The molecular formula is C12H16N4. The van der Waals surface area contributed by atoms with Crippen molar-refractivity contribution in [1.29, 1.82) is 0 Å². The zero-order chi connectivity index (χ0) is 11.0. The van der Waals surface area contributed by atoms with Crippen molar-refractivity contribution in [2.75, 3.05) is 18.0 Å². The molecule has 2 aromatic heterocycles. The summed E-state index contributed by atoms with van der Waals surface area (Å²) in [5.74, 6) is 1.86. The minimum atomic E-state index is 0.847. The second-order valence-corrected chi connectivity index (χ2v) is 4.61. The molecule has 1 saturated heterocycles. The van der Waals surface area contributed by atoms with Crippen LogP contribution in [0.25, 0.3) is 11.2 Å². The molecule has 0 unspecified atom stereocenters. The molecule has 0 amide bonds. The van der Waals surface area contributed by atoms with E-state index in [2.05, 4.69) is 26.8 Å². The Bertz CT molecular complexity index is 482. The Kier molecular flexibility index (Phi) is 2.27. The Balaban J connectivity index is 1.87. The third-order valence-corrected chi connectivity index (χ3v) is 3.36. The van der Waals surface area contributed by atoms with Crippen LogP contribution in [0.1, 0.15) is 19.8 Å². The highest BCUT2D eigenvalue weighted by atomic mass is 15.2. The first-order valence-electron chi connectivity index (χ1n) is 5.88. The minimum Gasteiger partial charge on any atom is -0.355 e. The van der Waals surface area contributed by atoms with E-state index in [9.17, 15) is 0 Å². The number of rotatable bonds is 1. The van der Waals surface area contributed by atoms with Crippen molar-refractivity contribution in [3.8, 4) is 0 Å². The van der Waals surface area contributed by atoms with Crippen LogP contribution < -0.4 is 4.90 Å². The maximum Gasteiger partial charge on any atom is 0.156 e. The molecule has 3 heterocycles. The topological polar surface area (TPSA) is 44.8 Å². The molecule has 0 aromatic carbocycles. The average Bonchev–Trinajstić information content (AvgIpc) is 2.77. The highest BCUT2D eigenvalue weighted by molar-refractivity contribution is 5.71. The first kappa shape index (κ1) is 9.63. The summed E-state index contributed by atoms with van der Waals surface area (Å²) in [5.41, 5.74) is 1.82. The molecule has 0 aliphatic carbocycles. The second-order valence-electron chi connectivity index (χ2n) is 4.61. The van der Waals surface area contributed by atoms with Crippen LogP contribution in [0.5, 0.6) is 0 Å². The SMILES string of the molecule is CC1CCN(c2cnc3[nH]ccc3n2)CC1. The van der Waals surface area contributed by atoms with Gasteiger partial charge in [-0.25, -0.2) is 9.97 Å². The molecule has 16 heavy (non-hydrogen) atoms. The highest BCUT2D eigenvalue weighted by Gasteiger charge is 2.17. The lowest BCUT2D eigenvalue weighted by Crippen LogP contribution is -2.33. The number of nitrogens with one attached hydrogen (secondary N) is 1. The van der Waals surface area contributed by atoms with Crippen molar-refractivity contribution >= 4 is 17.0 Å². The van der Waals surface area contributed by atoms with Gasteiger partial charge in [-0.05, 0) is 24.8 Å². The molecular weight excluding hydrogens is 200 g/mol. The second kappa shape index (κ2) is 3.77. The van der Waals surface area contributed by atoms with Crippen molar-refractivity contribution in [3.05, 3.63) is 18.5 Å². The van der Waals surface area contributed by atoms with Gasteiger partial charge in [0.2, 0.25) is 0 Å². The molecule has 0 saturated carbocycles. The van der Waals surface area contributed by atoms with Crippen LogP contribution in [0, 0.1) is 5.92 Å². The van der Waals surface area contributed by atoms with Crippen LogP contribution in [0.4, 0.5) is 5.82 Å². The summed E-state index contributed by atoms with van der Waals surface area (Å²) in [7, 11) is 0. The lowest BCUT2D eigenvalue weighted by atomic mass is 9.99. The molecule has 0 radical (unpaired) electrons. The van der Waals surface area contributed by atoms with Gasteiger partial charge < -0.3 is 9.88 Å². The molecule has 1 aliphatic rings. The van der Waals surface area contributed by atoms with Gasteiger partial charge in [0.05, 0.1) is 6.20 Å². The van der Waals surface area contributed by atoms with E-state index in [0.717, 1.165) is 36.0 Å². The molecule has 4 nitrogen and oxygen atoms in total. The first-order valence-corrected chi connectivity index (χ1v) is 5.88. The van der Waals surface area contributed by atoms with Crippen LogP contribution in [0.2, 0.25) is 0 Å². The van der Waals surface area contributed by atoms with Crippen molar-refractivity contribution in [2.45, 2.75) is 19.8 Å². The quantitative estimate of drug-likeness (QED) is 0.794. The van der Waals surface area contributed by atoms with Crippen molar-refractivity contribution < 1.29 is 0 Å². The van der Waals surface area contributed by atoms with E-state index in [4.69, 9.17) is 0 Å². The van der Waals surface area contributed by atoms with E-state index in [1.54, 1.807) is 0 Å². The predicted octanol–water partition coefficient (Wildman–Crippen LogP) is 2.19. The van der Waals surface area contributed by atoms with E-state index in [1.807, 2.05) is 18.5 Å². The number of fused-ring (bicyclic) bond motifs is 1. The van der Waals surface area contributed by atoms with Gasteiger partial charge in [0, 0.05) is 19.3 Å². The number of nitrogens with zero attached hydrogens (tertiary/aromatic N) is 3. The largest absolute Gasteiger partial charge is 0.355 e. The summed E-state index contributed by atoms with van der Waals surface area (Å²) in [4.78, 5) is 14.4.